The minimum absolute atomic E-state index is 0.103. The topological polar surface area (TPSA) is 145 Å². The van der Waals surface area contributed by atoms with Gasteiger partial charge in [0, 0.05) is 6.42 Å². The molecule has 0 amide bonds. The van der Waals surface area contributed by atoms with E-state index in [0.717, 1.165) is 28.5 Å². The fraction of sp³-hybridized carbons (Fsp3) is 0.243. The molecule has 3 aliphatic heterocycles. The quantitative estimate of drug-likeness (QED) is 0.154. The van der Waals surface area contributed by atoms with Gasteiger partial charge in [-0.3, -0.25) is 0 Å². The van der Waals surface area contributed by atoms with Crippen molar-refractivity contribution in [1.82, 2.24) is 0 Å². The number of benzene rings is 4. The van der Waals surface area contributed by atoms with Gasteiger partial charge < -0.3 is 33.6 Å². The van der Waals surface area contributed by atoms with Gasteiger partial charge in [0.05, 0.1) is 14.2 Å². The molecule has 47 heavy (non-hydrogen) atoms. The predicted octanol–water partition coefficient (Wildman–Crippen LogP) is 5.24. The Kier molecular flexibility index (Phi) is 12.9. The molecule has 0 radical (unpaired) electrons. The van der Waals surface area contributed by atoms with Gasteiger partial charge in [0.25, 0.3) is 0 Å². The molecule has 10 nitrogen and oxygen atoms in total. The fourth-order valence-corrected chi connectivity index (χ4v) is 4.51. The molecule has 3 aliphatic rings. The molecule has 2 unspecified atom stereocenters. The van der Waals surface area contributed by atoms with Crippen molar-refractivity contribution < 1.29 is 48.0 Å². The number of ether oxygens (including phenoxy) is 5. The van der Waals surface area contributed by atoms with Crippen molar-refractivity contribution in [1.29, 1.82) is 0 Å². The number of aldehydes is 1. The number of aliphatic carboxylic acids is 1. The number of hydrogen-bond acceptors (Lipinski definition) is 9. The average Bonchev–Trinajstić information content (AvgIpc) is 4.00. The predicted molar refractivity (Wildman–Crippen MR) is 170 cm³/mol. The Morgan fingerprint density at radius 2 is 0.894 bits per heavy atom. The molecule has 4 aromatic carbocycles. The Morgan fingerprint density at radius 1 is 0.574 bits per heavy atom. The molecule has 1 N–H and O–H groups in total. The van der Waals surface area contributed by atoms with E-state index < -0.39 is 24.3 Å². The number of esters is 2. The number of methoxy groups -OCH3 is 2. The van der Waals surface area contributed by atoms with Crippen LogP contribution in [0.2, 0.25) is 0 Å². The van der Waals surface area contributed by atoms with Crippen molar-refractivity contribution in [2.45, 2.75) is 43.0 Å². The van der Waals surface area contributed by atoms with Crippen LogP contribution in [0.15, 0.2) is 121 Å². The van der Waals surface area contributed by atoms with E-state index in [1.807, 2.05) is 121 Å². The van der Waals surface area contributed by atoms with Crippen molar-refractivity contribution in [3.05, 3.63) is 144 Å². The molecule has 3 heterocycles. The van der Waals surface area contributed by atoms with Crippen molar-refractivity contribution >= 4 is 24.2 Å². The molecule has 244 valence electrons. The second-order valence-electron chi connectivity index (χ2n) is 10.4. The summed E-state index contributed by atoms with van der Waals surface area (Å²) < 4.78 is 24.5. The first kappa shape index (κ1) is 34.7. The lowest BCUT2D eigenvalue weighted by atomic mass is 10.1. The first-order chi connectivity index (χ1) is 22.9. The number of carboxylic acids is 1. The van der Waals surface area contributed by atoms with Crippen LogP contribution in [0.3, 0.4) is 0 Å². The highest BCUT2D eigenvalue weighted by molar-refractivity contribution is 5.79. The second kappa shape index (κ2) is 17.5. The summed E-state index contributed by atoms with van der Waals surface area (Å²) in [5.74, 6) is -1.48. The van der Waals surface area contributed by atoms with E-state index in [1.54, 1.807) is 0 Å². The van der Waals surface area contributed by atoms with Crippen LogP contribution >= 0.6 is 0 Å². The first-order valence-corrected chi connectivity index (χ1v) is 14.8. The van der Waals surface area contributed by atoms with Crippen LogP contribution in [0.25, 0.3) is 0 Å². The Hall–Kier alpha value is -5.16. The molecule has 0 saturated carbocycles. The standard InChI is InChI=1S/2C10H10O3.C9H8O3.C8H8O/c2*1-12-10(11)9-8(13-9)7-5-3-2-4-6-7;10-9(11)8-7(12-8)6-4-2-1-3-5-6;9-7-6-8-4-2-1-3-5-8/h2*2-6,8-9H,1H3;1-5,7-8H,(H,10,11);1-5,7H,6H2/t8-,9+;;7-,8+;/m1.0./s1. The number of hydrogen-bond donors (Lipinski definition) is 1. The monoisotopic (exact) mass is 640 g/mol. The lowest BCUT2D eigenvalue weighted by molar-refractivity contribution is -0.142. The lowest BCUT2D eigenvalue weighted by Crippen LogP contribution is -2.09. The van der Waals surface area contributed by atoms with Crippen molar-refractivity contribution in [3.8, 4) is 0 Å². The van der Waals surface area contributed by atoms with Crippen LogP contribution in [0.1, 0.15) is 40.6 Å². The summed E-state index contributed by atoms with van der Waals surface area (Å²) in [5.41, 5.74) is 4.06. The maximum absolute atomic E-state index is 11.0. The molecule has 7 rings (SSSR count). The summed E-state index contributed by atoms with van der Waals surface area (Å²) in [5, 5.41) is 8.56. The highest BCUT2D eigenvalue weighted by Crippen LogP contribution is 2.40. The lowest BCUT2D eigenvalue weighted by Gasteiger charge is -1.93. The maximum Gasteiger partial charge on any atom is 0.338 e. The van der Waals surface area contributed by atoms with Crippen LogP contribution in [0.4, 0.5) is 0 Å². The van der Waals surface area contributed by atoms with Gasteiger partial charge in [0.15, 0.2) is 18.3 Å². The summed E-state index contributed by atoms with van der Waals surface area (Å²) in [6, 6.07) is 38.3. The average molecular weight is 641 g/mol. The third kappa shape index (κ3) is 10.7. The summed E-state index contributed by atoms with van der Waals surface area (Å²) >= 11 is 0. The van der Waals surface area contributed by atoms with E-state index >= 15 is 0 Å². The van der Waals surface area contributed by atoms with Crippen LogP contribution in [0, 0.1) is 0 Å². The van der Waals surface area contributed by atoms with E-state index in [-0.39, 0.29) is 30.3 Å². The van der Waals surface area contributed by atoms with Crippen LogP contribution in [0.5, 0.6) is 0 Å². The summed E-state index contributed by atoms with van der Waals surface area (Å²) in [6.07, 6.45) is -0.422. The Bertz CT molecular complexity index is 1500. The molecule has 6 atom stereocenters. The Labute approximate surface area is 272 Å². The van der Waals surface area contributed by atoms with Gasteiger partial charge >= 0.3 is 17.9 Å². The number of epoxide rings is 3. The zero-order valence-corrected chi connectivity index (χ0v) is 25.9. The molecular formula is C37H36O10. The van der Waals surface area contributed by atoms with Gasteiger partial charge in [0.2, 0.25) is 0 Å². The largest absolute Gasteiger partial charge is 0.479 e. The van der Waals surface area contributed by atoms with Gasteiger partial charge in [-0.05, 0) is 22.3 Å². The second-order valence-corrected chi connectivity index (χ2v) is 10.4. The molecule has 3 fully saturated rings. The minimum atomic E-state index is -0.885. The van der Waals surface area contributed by atoms with Crippen molar-refractivity contribution in [2.75, 3.05) is 14.2 Å². The number of carbonyl (C=O) groups excluding carboxylic acids is 3. The first-order valence-electron chi connectivity index (χ1n) is 14.8. The number of carboxylic acid groups (broad SMARTS) is 1. The van der Waals surface area contributed by atoms with Gasteiger partial charge in [0.1, 0.15) is 24.6 Å². The molecule has 0 bridgehead atoms. The zero-order chi connectivity index (χ0) is 33.6. The van der Waals surface area contributed by atoms with Crippen LogP contribution < -0.4 is 0 Å². The minimum Gasteiger partial charge on any atom is -0.479 e. The van der Waals surface area contributed by atoms with E-state index in [1.165, 1.54) is 14.2 Å². The normalized spacial score (nSPS) is 22.5. The Morgan fingerprint density at radius 3 is 1.19 bits per heavy atom. The smallest absolute Gasteiger partial charge is 0.338 e. The Balaban J connectivity index is 0.000000143. The highest BCUT2D eigenvalue weighted by Gasteiger charge is 2.48. The molecule has 4 aromatic rings. The van der Waals surface area contributed by atoms with E-state index in [2.05, 4.69) is 9.47 Å². The molecule has 0 spiro atoms. The van der Waals surface area contributed by atoms with Crippen LogP contribution in [-0.2, 0) is 49.3 Å². The maximum atomic E-state index is 11.0. The summed E-state index contributed by atoms with van der Waals surface area (Å²) in [7, 11) is 2.73. The number of rotatable bonds is 8. The van der Waals surface area contributed by atoms with E-state index in [4.69, 9.17) is 19.3 Å². The third-order valence-corrected chi connectivity index (χ3v) is 7.13. The van der Waals surface area contributed by atoms with Gasteiger partial charge in [-0.1, -0.05) is 121 Å². The molecular weight excluding hydrogens is 604 g/mol. The fourth-order valence-electron chi connectivity index (χ4n) is 4.51. The summed E-state index contributed by atoms with van der Waals surface area (Å²) in [4.78, 5) is 42.4. The zero-order valence-electron chi connectivity index (χ0n) is 25.9. The van der Waals surface area contributed by atoms with Gasteiger partial charge in [-0.15, -0.1) is 0 Å². The molecule has 3 saturated heterocycles. The molecule has 0 aromatic heterocycles. The SMILES string of the molecule is COC(=O)C1OC1c1ccccc1.COC(=O)[C@H]1O[C@@H]1c1ccccc1.O=C(O)[C@@H]1O[C@H]1c1ccccc1.O=CCc1ccccc1. The number of carbonyl (C=O) groups is 4. The van der Waals surface area contributed by atoms with Crippen LogP contribution in [-0.4, -0.2) is 61.8 Å². The summed E-state index contributed by atoms with van der Waals surface area (Å²) in [6.45, 7) is 0. The van der Waals surface area contributed by atoms with Gasteiger partial charge in [-0.2, -0.15) is 0 Å². The van der Waals surface area contributed by atoms with Crippen molar-refractivity contribution in [3.63, 3.8) is 0 Å². The van der Waals surface area contributed by atoms with E-state index in [0.29, 0.717) is 6.42 Å². The van der Waals surface area contributed by atoms with Crippen molar-refractivity contribution in [2.24, 2.45) is 0 Å². The molecule has 0 aliphatic carbocycles. The highest BCUT2D eigenvalue weighted by atomic mass is 16.6. The van der Waals surface area contributed by atoms with E-state index in [9.17, 15) is 19.2 Å². The third-order valence-electron chi connectivity index (χ3n) is 7.13. The molecule has 10 heteroatoms. The van der Waals surface area contributed by atoms with Gasteiger partial charge in [-0.25, -0.2) is 14.4 Å².